The van der Waals surface area contributed by atoms with Crippen LogP contribution in [0.1, 0.15) is 54.1 Å². The van der Waals surface area contributed by atoms with E-state index in [1.54, 1.807) is 4.57 Å². The zero-order valence-corrected chi connectivity index (χ0v) is 18.9. The van der Waals surface area contributed by atoms with Crippen molar-refractivity contribution in [1.82, 2.24) is 14.8 Å². The average Bonchev–Trinajstić information content (AvgIpc) is 3.60. The summed E-state index contributed by atoms with van der Waals surface area (Å²) >= 11 is 0. The van der Waals surface area contributed by atoms with Gasteiger partial charge in [-0.15, -0.1) is 12.4 Å². The molecule has 5 rings (SSSR count). The molecular weight excluding hydrogens is 437 g/mol. The molecule has 3 aliphatic rings. The summed E-state index contributed by atoms with van der Waals surface area (Å²) < 4.78 is 22.8. The number of carbonyl (C=O) groups is 1. The standard InChI is InChI=1S/C23H28FN3O4.ClH/c1-31-22-16(10-26-8-6-13-3-2-7-25-19(13)12-26)18(24)9-15-20(22)27(14-4-5-14)11-17(21(15)28)23(29)30;/h9,11,13-14,19,25H,2-8,10,12H2,1H3,(H,29,30);1H/t13-,19+;/m0./s1. The van der Waals surface area contributed by atoms with Gasteiger partial charge in [-0.3, -0.25) is 9.69 Å². The smallest absolute Gasteiger partial charge is 0.341 e. The summed E-state index contributed by atoms with van der Waals surface area (Å²) in [5, 5.41) is 13.1. The van der Waals surface area contributed by atoms with Crippen LogP contribution >= 0.6 is 12.4 Å². The Morgan fingerprint density at radius 2 is 2.09 bits per heavy atom. The Hall–Kier alpha value is -2.16. The number of piperidine rings is 2. The topological polar surface area (TPSA) is 83.8 Å². The lowest BCUT2D eigenvalue weighted by atomic mass is 9.85. The second-order valence-corrected chi connectivity index (χ2v) is 9.07. The molecule has 7 nitrogen and oxygen atoms in total. The first kappa shape index (κ1) is 23.0. The maximum atomic E-state index is 15.3. The van der Waals surface area contributed by atoms with Crippen LogP contribution < -0.4 is 15.5 Å². The van der Waals surface area contributed by atoms with E-state index in [4.69, 9.17) is 4.74 Å². The average molecular weight is 466 g/mol. The van der Waals surface area contributed by atoms with Crippen LogP contribution in [0.4, 0.5) is 4.39 Å². The van der Waals surface area contributed by atoms with Crippen LogP contribution in [0.15, 0.2) is 17.1 Å². The number of carboxylic acids is 1. The Bertz CT molecular complexity index is 1100. The van der Waals surface area contributed by atoms with Crippen LogP contribution in [0, 0.1) is 11.7 Å². The van der Waals surface area contributed by atoms with E-state index in [0.717, 1.165) is 38.9 Å². The van der Waals surface area contributed by atoms with Crippen LogP contribution in [-0.2, 0) is 6.54 Å². The first-order chi connectivity index (χ1) is 15.0. The third kappa shape index (κ3) is 4.00. The highest BCUT2D eigenvalue weighted by Crippen LogP contribution is 2.41. The minimum Gasteiger partial charge on any atom is -0.494 e. The molecule has 3 fully saturated rings. The van der Waals surface area contributed by atoms with E-state index in [0.29, 0.717) is 35.3 Å². The Morgan fingerprint density at radius 3 is 2.78 bits per heavy atom. The molecule has 1 aromatic carbocycles. The summed E-state index contributed by atoms with van der Waals surface area (Å²) in [5.41, 5.74) is -0.0716. The van der Waals surface area contributed by atoms with Crippen molar-refractivity contribution < 1.29 is 19.0 Å². The number of fused-ring (bicyclic) bond motifs is 2. The van der Waals surface area contributed by atoms with Crippen molar-refractivity contribution >= 4 is 29.3 Å². The summed E-state index contributed by atoms with van der Waals surface area (Å²) in [6.45, 7) is 3.19. The third-order valence-corrected chi connectivity index (χ3v) is 7.07. The van der Waals surface area contributed by atoms with Crippen LogP contribution in [-0.4, -0.2) is 53.3 Å². The molecule has 0 radical (unpaired) electrons. The second-order valence-electron chi connectivity index (χ2n) is 9.07. The van der Waals surface area contributed by atoms with E-state index in [9.17, 15) is 14.7 Å². The highest BCUT2D eigenvalue weighted by atomic mass is 35.5. The molecule has 2 atom stereocenters. The summed E-state index contributed by atoms with van der Waals surface area (Å²) in [4.78, 5) is 26.7. The van der Waals surface area contributed by atoms with Crippen molar-refractivity contribution in [2.75, 3.05) is 26.7 Å². The number of carboxylic acid groups (broad SMARTS) is 1. The number of likely N-dealkylation sites (tertiary alicyclic amines) is 1. The van der Waals surface area contributed by atoms with Crippen LogP contribution in [0.3, 0.4) is 0 Å². The largest absolute Gasteiger partial charge is 0.494 e. The highest BCUT2D eigenvalue weighted by Gasteiger charge is 2.33. The molecule has 32 heavy (non-hydrogen) atoms. The van der Waals surface area contributed by atoms with Gasteiger partial charge in [0.1, 0.15) is 11.4 Å². The van der Waals surface area contributed by atoms with E-state index in [-0.39, 0.29) is 29.4 Å². The molecule has 1 aromatic heterocycles. The number of ether oxygens (including phenoxy) is 1. The molecule has 2 aliphatic heterocycles. The SMILES string of the molecule is COc1c(CN2CC[C@@H]3CCCN[C@@H]3C2)c(F)cc2c(=O)c(C(=O)O)cn(C3CC3)c12.Cl. The summed E-state index contributed by atoms with van der Waals surface area (Å²) in [6, 6.07) is 1.74. The maximum Gasteiger partial charge on any atom is 0.341 e. The molecule has 174 valence electrons. The fourth-order valence-corrected chi connectivity index (χ4v) is 5.32. The number of aromatic nitrogens is 1. The zero-order chi connectivity index (χ0) is 21.7. The number of methoxy groups -OCH3 is 1. The Morgan fingerprint density at radius 1 is 1.31 bits per heavy atom. The van der Waals surface area contributed by atoms with Crippen molar-refractivity contribution in [2.45, 2.75) is 50.7 Å². The minimum absolute atomic E-state index is 0. The predicted octanol–water partition coefficient (Wildman–Crippen LogP) is 3.18. The van der Waals surface area contributed by atoms with Gasteiger partial charge in [0.25, 0.3) is 0 Å². The number of pyridine rings is 1. The monoisotopic (exact) mass is 465 g/mol. The zero-order valence-electron chi connectivity index (χ0n) is 18.1. The van der Waals surface area contributed by atoms with Gasteiger partial charge < -0.3 is 19.7 Å². The lowest BCUT2D eigenvalue weighted by Crippen LogP contribution is -2.53. The number of aromatic carboxylic acids is 1. The molecule has 2 N–H and O–H groups in total. The van der Waals surface area contributed by atoms with Crippen LogP contribution in [0.2, 0.25) is 0 Å². The van der Waals surface area contributed by atoms with Gasteiger partial charge in [-0.25, -0.2) is 9.18 Å². The lowest BCUT2D eigenvalue weighted by Gasteiger charge is -2.42. The number of benzene rings is 1. The molecule has 0 unspecified atom stereocenters. The Balaban J connectivity index is 0.00000245. The van der Waals surface area contributed by atoms with Gasteiger partial charge in [0.15, 0.2) is 5.75 Å². The Kier molecular flexibility index (Phi) is 6.47. The molecule has 3 heterocycles. The van der Waals surface area contributed by atoms with Gasteiger partial charge in [0.05, 0.1) is 18.0 Å². The number of nitrogens with zero attached hydrogens (tertiary/aromatic N) is 2. The first-order valence-corrected chi connectivity index (χ1v) is 11.1. The number of nitrogens with one attached hydrogen (secondary N) is 1. The van der Waals surface area contributed by atoms with Gasteiger partial charge in [-0.05, 0) is 57.2 Å². The van der Waals surface area contributed by atoms with Gasteiger partial charge in [-0.1, -0.05) is 0 Å². The van der Waals surface area contributed by atoms with Crippen LogP contribution in [0.25, 0.3) is 10.9 Å². The Labute approximate surface area is 191 Å². The summed E-state index contributed by atoms with van der Waals surface area (Å²) in [5.74, 6) is -0.796. The molecule has 1 saturated carbocycles. The van der Waals surface area contributed by atoms with E-state index in [2.05, 4.69) is 10.2 Å². The van der Waals surface area contributed by atoms with Crippen LogP contribution in [0.5, 0.6) is 5.75 Å². The van der Waals surface area contributed by atoms with Crippen molar-refractivity contribution in [3.05, 3.63) is 39.4 Å². The van der Waals surface area contributed by atoms with Gasteiger partial charge in [0.2, 0.25) is 5.43 Å². The molecule has 0 bridgehead atoms. The van der Waals surface area contributed by atoms with Crippen molar-refractivity contribution in [3.8, 4) is 5.75 Å². The van der Waals surface area contributed by atoms with Gasteiger partial charge >= 0.3 is 5.97 Å². The van der Waals surface area contributed by atoms with Gasteiger partial charge in [-0.2, -0.15) is 0 Å². The number of halogens is 2. The van der Waals surface area contributed by atoms with E-state index in [1.165, 1.54) is 32.2 Å². The predicted molar refractivity (Wildman–Crippen MR) is 122 cm³/mol. The summed E-state index contributed by atoms with van der Waals surface area (Å²) in [6.07, 6.45) is 6.74. The molecular formula is C23H29ClFN3O4. The number of rotatable bonds is 5. The number of hydrogen-bond acceptors (Lipinski definition) is 5. The molecule has 2 aromatic rings. The highest BCUT2D eigenvalue weighted by molar-refractivity contribution is 5.95. The number of hydrogen-bond donors (Lipinski definition) is 2. The van der Waals surface area contributed by atoms with E-state index < -0.39 is 17.2 Å². The minimum atomic E-state index is -1.30. The maximum absolute atomic E-state index is 15.3. The fraction of sp³-hybridized carbons (Fsp3) is 0.565. The molecule has 2 saturated heterocycles. The second kappa shape index (κ2) is 9.00. The van der Waals surface area contributed by atoms with E-state index in [1.807, 2.05) is 0 Å². The summed E-state index contributed by atoms with van der Waals surface area (Å²) in [7, 11) is 1.49. The van der Waals surface area contributed by atoms with Crippen molar-refractivity contribution in [3.63, 3.8) is 0 Å². The lowest BCUT2D eigenvalue weighted by molar-refractivity contribution is 0.0695. The molecule has 1 aliphatic carbocycles. The third-order valence-electron chi connectivity index (χ3n) is 7.07. The quantitative estimate of drug-likeness (QED) is 0.705. The molecule has 0 spiro atoms. The fourth-order valence-electron chi connectivity index (χ4n) is 5.32. The first-order valence-electron chi connectivity index (χ1n) is 11.1. The van der Waals surface area contributed by atoms with Gasteiger partial charge in [0, 0.05) is 36.9 Å². The molecule has 0 amide bonds. The van der Waals surface area contributed by atoms with E-state index >= 15 is 4.39 Å². The van der Waals surface area contributed by atoms with Crippen molar-refractivity contribution in [2.24, 2.45) is 5.92 Å². The van der Waals surface area contributed by atoms with Crippen molar-refractivity contribution in [1.29, 1.82) is 0 Å². The normalized spacial score (nSPS) is 23.4. The molecule has 9 heteroatoms.